The van der Waals surface area contributed by atoms with Crippen LogP contribution in [-0.2, 0) is 11.8 Å². The molecule has 0 aliphatic carbocycles. The van der Waals surface area contributed by atoms with Gasteiger partial charge in [0.05, 0.1) is 23.4 Å². The van der Waals surface area contributed by atoms with Gasteiger partial charge < -0.3 is 23.8 Å². The summed E-state index contributed by atoms with van der Waals surface area (Å²) in [7, 11) is 3.60. The monoisotopic (exact) mass is 516 g/mol. The zero-order valence-corrected chi connectivity index (χ0v) is 22.0. The van der Waals surface area contributed by atoms with Crippen LogP contribution in [0, 0.1) is 0 Å². The molecule has 0 unspecified atom stereocenters. The van der Waals surface area contributed by atoms with Crippen LogP contribution in [0.3, 0.4) is 0 Å². The van der Waals surface area contributed by atoms with Gasteiger partial charge in [-0.3, -0.25) is 14.5 Å². The fourth-order valence-corrected chi connectivity index (χ4v) is 5.79. The number of fused-ring (bicyclic) bond motifs is 3. The molecule has 1 amide bonds. The molecule has 0 bridgehead atoms. The molecule has 1 aromatic carbocycles. The first kappa shape index (κ1) is 28.1. The van der Waals surface area contributed by atoms with Crippen molar-refractivity contribution in [2.24, 2.45) is 7.05 Å². The highest BCUT2D eigenvalue weighted by Crippen LogP contribution is 2.40. The molecular weight excluding hydrogens is 476 g/mol. The van der Waals surface area contributed by atoms with Crippen LogP contribution < -0.4 is 10.3 Å². The highest BCUT2D eigenvalue weighted by molar-refractivity contribution is 7.22. The van der Waals surface area contributed by atoms with Crippen LogP contribution in [0.4, 0.5) is 0 Å². The SMILES string of the molecule is C.CCN(CC)CCN(C)C(=O)c1sc2c(c1OCCN1CCOCC1)c(=O)n(C)c1ccccc21. The number of carbonyl (C=O) groups excluding carboxylic acids is 1. The number of hydrogen-bond donors (Lipinski definition) is 0. The Bertz CT molecular complexity index is 1230. The minimum Gasteiger partial charge on any atom is -0.490 e. The first-order valence-electron chi connectivity index (χ1n) is 12.4. The number of para-hydroxylation sites is 1. The first-order chi connectivity index (χ1) is 17.0. The van der Waals surface area contributed by atoms with Gasteiger partial charge in [0.25, 0.3) is 11.5 Å². The summed E-state index contributed by atoms with van der Waals surface area (Å²) < 4.78 is 14.2. The van der Waals surface area contributed by atoms with E-state index in [0.29, 0.717) is 29.2 Å². The van der Waals surface area contributed by atoms with Gasteiger partial charge >= 0.3 is 0 Å². The van der Waals surface area contributed by atoms with E-state index in [1.807, 2.05) is 31.3 Å². The third-order valence-corrected chi connectivity index (χ3v) is 8.03. The van der Waals surface area contributed by atoms with Gasteiger partial charge in [0.15, 0.2) is 5.75 Å². The van der Waals surface area contributed by atoms with E-state index < -0.39 is 0 Å². The summed E-state index contributed by atoms with van der Waals surface area (Å²) in [6, 6.07) is 7.83. The summed E-state index contributed by atoms with van der Waals surface area (Å²) in [6.45, 7) is 11.8. The first-order valence-corrected chi connectivity index (χ1v) is 13.2. The molecule has 1 aliphatic rings. The molecule has 4 rings (SSSR count). The summed E-state index contributed by atoms with van der Waals surface area (Å²) in [5.74, 6) is 0.315. The van der Waals surface area contributed by atoms with Crippen molar-refractivity contribution in [1.82, 2.24) is 19.3 Å². The van der Waals surface area contributed by atoms with E-state index in [4.69, 9.17) is 9.47 Å². The lowest BCUT2D eigenvalue weighted by molar-refractivity contribution is 0.0323. The Morgan fingerprint density at radius 2 is 1.83 bits per heavy atom. The summed E-state index contributed by atoms with van der Waals surface area (Å²) in [5, 5.41) is 1.45. The molecule has 0 radical (unpaired) electrons. The van der Waals surface area contributed by atoms with E-state index >= 15 is 0 Å². The number of nitrogens with zero attached hydrogens (tertiary/aromatic N) is 4. The Morgan fingerprint density at radius 3 is 2.53 bits per heavy atom. The Labute approximate surface area is 218 Å². The second kappa shape index (κ2) is 12.7. The quantitative estimate of drug-likeness (QED) is 0.411. The third-order valence-electron chi connectivity index (χ3n) is 6.84. The zero-order chi connectivity index (χ0) is 24.9. The molecule has 8 nitrogen and oxygen atoms in total. The molecule has 9 heteroatoms. The number of hydrogen-bond acceptors (Lipinski definition) is 7. The third kappa shape index (κ3) is 5.75. The minimum atomic E-state index is -0.138. The molecule has 198 valence electrons. The van der Waals surface area contributed by atoms with Crippen LogP contribution in [0.1, 0.15) is 30.9 Å². The normalized spacial score (nSPS) is 14.4. The molecule has 3 aromatic rings. The van der Waals surface area contributed by atoms with Crippen molar-refractivity contribution < 1.29 is 14.3 Å². The smallest absolute Gasteiger partial charge is 0.267 e. The summed E-state index contributed by atoms with van der Waals surface area (Å²) in [6.07, 6.45) is 0. The van der Waals surface area contributed by atoms with Crippen molar-refractivity contribution in [2.45, 2.75) is 21.3 Å². The van der Waals surface area contributed by atoms with Gasteiger partial charge in [-0.15, -0.1) is 11.3 Å². The summed E-state index contributed by atoms with van der Waals surface area (Å²) >= 11 is 1.37. The largest absolute Gasteiger partial charge is 0.490 e. The molecule has 1 fully saturated rings. The van der Waals surface area contributed by atoms with Crippen molar-refractivity contribution in [1.29, 1.82) is 0 Å². The minimum absolute atomic E-state index is 0. The van der Waals surface area contributed by atoms with E-state index in [0.717, 1.165) is 68.1 Å². The second-order valence-electron chi connectivity index (χ2n) is 8.90. The van der Waals surface area contributed by atoms with E-state index in [1.165, 1.54) is 11.3 Å². The number of amides is 1. The van der Waals surface area contributed by atoms with Crippen molar-refractivity contribution in [3.63, 3.8) is 0 Å². The predicted molar refractivity (Wildman–Crippen MR) is 149 cm³/mol. The van der Waals surface area contributed by atoms with Crippen molar-refractivity contribution in [3.05, 3.63) is 39.5 Å². The van der Waals surface area contributed by atoms with Crippen molar-refractivity contribution in [3.8, 4) is 5.75 Å². The van der Waals surface area contributed by atoms with Crippen LogP contribution >= 0.6 is 11.3 Å². The van der Waals surface area contributed by atoms with E-state index in [-0.39, 0.29) is 18.9 Å². The molecule has 0 spiro atoms. The summed E-state index contributed by atoms with van der Waals surface area (Å²) in [5.41, 5.74) is 0.709. The molecule has 1 aliphatic heterocycles. The lowest BCUT2D eigenvalue weighted by Gasteiger charge is -2.26. The number of aromatic nitrogens is 1. The highest BCUT2D eigenvalue weighted by Gasteiger charge is 2.27. The topological polar surface area (TPSA) is 67.2 Å². The van der Waals surface area contributed by atoms with Gasteiger partial charge in [-0.1, -0.05) is 39.5 Å². The molecule has 2 aromatic heterocycles. The predicted octanol–water partition coefficient (Wildman–Crippen LogP) is 3.51. The zero-order valence-electron chi connectivity index (χ0n) is 21.2. The lowest BCUT2D eigenvalue weighted by Crippen LogP contribution is -2.39. The van der Waals surface area contributed by atoms with Gasteiger partial charge in [-0.25, -0.2) is 0 Å². The maximum Gasteiger partial charge on any atom is 0.267 e. The van der Waals surface area contributed by atoms with Crippen molar-refractivity contribution >= 4 is 38.2 Å². The number of aryl methyl sites for hydroxylation is 1. The van der Waals surface area contributed by atoms with Crippen LogP contribution in [-0.4, -0.2) is 97.9 Å². The van der Waals surface area contributed by atoms with Gasteiger partial charge in [-0.05, 0) is 19.2 Å². The number of ether oxygens (including phenoxy) is 2. The van der Waals surface area contributed by atoms with Crippen LogP contribution in [0.25, 0.3) is 21.0 Å². The highest BCUT2D eigenvalue weighted by atomic mass is 32.1. The number of benzene rings is 1. The van der Waals surface area contributed by atoms with E-state index in [1.54, 1.807) is 16.5 Å². The van der Waals surface area contributed by atoms with Gasteiger partial charge in [0, 0.05) is 52.2 Å². The second-order valence-corrected chi connectivity index (χ2v) is 9.92. The van der Waals surface area contributed by atoms with Crippen LogP contribution in [0.5, 0.6) is 5.75 Å². The lowest BCUT2D eigenvalue weighted by atomic mass is 10.1. The number of pyridine rings is 1. The molecule has 0 N–H and O–H groups in total. The van der Waals surface area contributed by atoms with E-state index in [2.05, 4.69) is 23.6 Å². The standard InChI is InChI=1S/C26H36N4O4S.CH4/c1-5-29(6-2)12-11-27(3)26(32)24-22(34-18-15-30-13-16-33-17-14-30)21-23(35-24)19-9-7-8-10-20(19)28(4)25(21)31;/h7-10H,5-6,11-18H2,1-4H3;1H4. The fraction of sp³-hybridized carbons (Fsp3) is 0.556. The number of rotatable bonds is 10. The number of thiophene rings is 1. The maximum atomic E-state index is 13.6. The van der Waals surface area contributed by atoms with Crippen LogP contribution in [0.15, 0.2) is 29.1 Å². The molecule has 36 heavy (non-hydrogen) atoms. The average Bonchev–Trinajstić information content (AvgIpc) is 3.27. The molecule has 0 atom stereocenters. The maximum absolute atomic E-state index is 13.6. The molecule has 3 heterocycles. The number of carbonyl (C=O) groups is 1. The summed E-state index contributed by atoms with van der Waals surface area (Å²) in [4.78, 5) is 33.9. The van der Waals surface area contributed by atoms with E-state index in [9.17, 15) is 9.59 Å². The van der Waals surface area contributed by atoms with Gasteiger partial charge in [0.1, 0.15) is 16.9 Å². The van der Waals surface area contributed by atoms with Gasteiger partial charge in [-0.2, -0.15) is 0 Å². The Hall–Kier alpha value is -2.46. The molecule has 0 saturated carbocycles. The van der Waals surface area contributed by atoms with Crippen LogP contribution in [0.2, 0.25) is 0 Å². The Kier molecular flexibility index (Phi) is 9.90. The number of morpholine rings is 1. The van der Waals surface area contributed by atoms with Gasteiger partial charge in [0.2, 0.25) is 0 Å². The Balaban J connectivity index is 0.00000361. The molecule has 1 saturated heterocycles. The molecular formula is C27H40N4O4S. The fourth-order valence-electron chi connectivity index (χ4n) is 4.52. The Morgan fingerprint density at radius 1 is 1.14 bits per heavy atom. The average molecular weight is 517 g/mol. The van der Waals surface area contributed by atoms with Crippen molar-refractivity contribution in [2.75, 3.05) is 72.7 Å². The number of likely N-dealkylation sites (N-methyl/N-ethyl adjacent to an activating group) is 2.